The molecule has 0 saturated carbocycles. The molecule has 52 heavy (non-hydrogen) atoms. The van der Waals surface area contributed by atoms with E-state index in [9.17, 15) is 18.6 Å². The molecule has 4 amide bonds. The van der Waals surface area contributed by atoms with Gasteiger partial charge < -0.3 is 25.6 Å². The lowest BCUT2D eigenvalue weighted by Crippen LogP contribution is -2.53. The normalized spacial score (nSPS) is 13.5. The smallest absolute Gasteiger partial charge is 0.407 e. The average molecular weight is 768 g/mol. The molecule has 4 atom stereocenters. The SMILES string of the molecule is CC(C)c1nc(CN(C)C(=O)NC(CCNS(C)=O)C(=O)NC(CCC(Cc2ccccc2)NC(=O)OCc2cncs2)Cc2ccccc2)cs1. The zero-order valence-corrected chi connectivity index (χ0v) is 32.5. The van der Waals surface area contributed by atoms with Crippen molar-refractivity contribution in [1.82, 2.24) is 35.5 Å². The number of alkyl carbamates (subject to hydrolysis) is 1. The molecular formula is C37H49N7O5S3. The Morgan fingerprint density at radius 2 is 1.52 bits per heavy atom. The molecular weight excluding hydrogens is 719 g/mol. The maximum absolute atomic E-state index is 14.0. The van der Waals surface area contributed by atoms with Gasteiger partial charge in [-0.05, 0) is 43.2 Å². The van der Waals surface area contributed by atoms with Crippen LogP contribution in [0.2, 0.25) is 0 Å². The number of carbonyl (C=O) groups excluding carboxylic acids is 3. The Morgan fingerprint density at radius 3 is 2.08 bits per heavy atom. The van der Waals surface area contributed by atoms with E-state index in [0.29, 0.717) is 38.1 Å². The molecule has 0 aliphatic carbocycles. The second-order valence-electron chi connectivity index (χ2n) is 12.9. The predicted octanol–water partition coefficient (Wildman–Crippen LogP) is 5.55. The van der Waals surface area contributed by atoms with Gasteiger partial charge in [0.25, 0.3) is 0 Å². The third-order valence-electron chi connectivity index (χ3n) is 8.17. The lowest BCUT2D eigenvalue weighted by Gasteiger charge is -2.27. The molecule has 12 nitrogen and oxygen atoms in total. The first-order valence-corrected chi connectivity index (χ1v) is 20.6. The fraction of sp³-hybridized carbons (Fsp3) is 0.432. The summed E-state index contributed by atoms with van der Waals surface area (Å²) in [5, 5.41) is 12.1. The molecule has 2 aromatic carbocycles. The number of rotatable bonds is 20. The van der Waals surface area contributed by atoms with Gasteiger partial charge in [0, 0.05) is 49.4 Å². The molecule has 2 aromatic heterocycles. The van der Waals surface area contributed by atoms with Crippen LogP contribution in [0.3, 0.4) is 0 Å². The number of thiazole rings is 2. The van der Waals surface area contributed by atoms with Crippen molar-refractivity contribution in [3.8, 4) is 0 Å². The van der Waals surface area contributed by atoms with Gasteiger partial charge in [-0.3, -0.25) is 9.78 Å². The van der Waals surface area contributed by atoms with Crippen LogP contribution in [-0.2, 0) is 46.5 Å². The number of benzene rings is 2. The first-order valence-electron chi connectivity index (χ1n) is 17.3. The highest BCUT2D eigenvalue weighted by atomic mass is 32.2. The lowest BCUT2D eigenvalue weighted by molar-refractivity contribution is -0.123. The third-order valence-corrected chi connectivity index (χ3v) is 10.7. The Kier molecular flexibility index (Phi) is 16.7. The van der Waals surface area contributed by atoms with E-state index in [1.165, 1.54) is 22.5 Å². The summed E-state index contributed by atoms with van der Waals surface area (Å²) in [6.45, 7) is 4.83. The van der Waals surface area contributed by atoms with Crippen LogP contribution in [0.15, 0.2) is 77.8 Å². The summed E-state index contributed by atoms with van der Waals surface area (Å²) >= 11 is 2.98. The summed E-state index contributed by atoms with van der Waals surface area (Å²) < 4.78 is 20.1. The quantitative estimate of drug-likeness (QED) is 0.0920. The molecule has 0 fully saturated rings. The van der Waals surface area contributed by atoms with E-state index in [-0.39, 0.29) is 37.6 Å². The monoisotopic (exact) mass is 767 g/mol. The number of amides is 4. The minimum atomic E-state index is -1.28. The maximum Gasteiger partial charge on any atom is 0.407 e. The minimum Gasteiger partial charge on any atom is -0.444 e. The van der Waals surface area contributed by atoms with Crippen molar-refractivity contribution in [3.05, 3.63) is 104 Å². The van der Waals surface area contributed by atoms with Crippen molar-refractivity contribution in [2.45, 2.75) is 83.1 Å². The molecule has 0 aliphatic rings. The number of hydrogen-bond acceptors (Lipinski definition) is 9. The molecule has 4 rings (SSSR count). The van der Waals surface area contributed by atoms with Gasteiger partial charge in [0.15, 0.2) is 0 Å². The van der Waals surface area contributed by atoms with E-state index in [1.807, 2.05) is 66.0 Å². The highest BCUT2D eigenvalue weighted by molar-refractivity contribution is 7.82. The van der Waals surface area contributed by atoms with Crippen molar-refractivity contribution in [2.24, 2.45) is 0 Å². The fourth-order valence-electron chi connectivity index (χ4n) is 5.46. The number of urea groups is 1. The predicted molar refractivity (Wildman–Crippen MR) is 207 cm³/mol. The number of carbonyl (C=O) groups is 3. The van der Waals surface area contributed by atoms with E-state index >= 15 is 0 Å². The van der Waals surface area contributed by atoms with Crippen LogP contribution in [0.4, 0.5) is 9.59 Å². The molecule has 2 heterocycles. The molecule has 0 radical (unpaired) electrons. The van der Waals surface area contributed by atoms with Crippen LogP contribution in [0.1, 0.15) is 65.7 Å². The Bertz CT molecular complexity index is 1690. The zero-order valence-electron chi connectivity index (χ0n) is 30.1. The summed E-state index contributed by atoms with van der Waals surface area (Å²) in [6.07, 6.45) is 5.09. The van der Waals surface area contributed by atoms with Gasteiger partial charge in [-0.1, -0.05) is 74.5 Å². The Balaban J connectivity index is 1.46. The van der Waals surface area contributed by atoms with Gasteiger partial charge in [0.2, 0.25) is 5.91 Å². The van der Waals surface area contributed by atoms with Gasteiger partial charge in [0.05, 0.1) is 38.6 Å². The molecule has 4 aromatic rings. The van der Waals surface area contributed by atoms with Crippen molar-refractivity contribution >= 4 is 51.7 Å². The van der Waals surface area contributed by atoms with Gasteiger partial charge in [0.1, 0.15) is 12.6 Å². The Labute approximate surface area is 316 Å². The molecule has 280 valence electrons. The van der Waals surface area contributed by atoms with Crippen LogP contribution >= 0.6 is 22.7 Å². The van der Waals surface area contributed by atoms with Crippen LogP contribution in [0.25, 0.3) is 0 Å². The van der Waals surface area contributed by atoms with Crippen LogP contribution in [-0.4, -0.2) is 75.1 Å². The van der Waals surface area contributed by atoms with Crippen molar-refractivity contribution in [3.63, 3.8) is 0 Å². The fourth-order valence-corrected chi connectivity index (χ4v) is 7.20. The summed E-state index contributed by atoms with van der Waals surface area (Å²) in [6, 6.07) is 17.8. The first kappa shape index (κ1) is 40.6. The lowest BCUT2D eigenvalue weighted by atomic mass is 9.95. The minimum absolute atomic E-state index is 0.132. The average Bonchev–Trinajstić information content (AvgIpc) is 3.83. The number of hydrogen-bond donors (Lipinski definition) is 4. The van der Waals surface area contributed by atoms with Crippen molar-refractivity contribution < 1.29 is 23.3 Å². The van der Waals surface area contributed by atoms with Gasteiger partial charge in [-0.2, -0.15) is 0 Å². The standard InChI is InChI=1S/C37H49N7O5S3/c1-26(2)35-41-31(24-50-35)22-44(3)36(46)43-33(17-18-39-52(4)48)34(45)40-29(19-27-11-7-5-8-12-27)15-16-30(20-28-13-9-6-10-14-28)42-37(47)49-23-32-21-38-25-51-32/h5-14,21,24-26,29-30,33,39H,15-20,22-23H2,1-4H3,(H,40,45)(H,42,47)(H,43,46). The summed E-state index contributed by atoms with van der Waals surface area (Å²) in [7, 11) is 0.383. The van der Waals surface area contributed by atoms with Gasteiger partial charge in [-0.15, -0.1) is 22.7 Å². The maximum atomic E-state index is 14.0. The highest BCUT2D eigenvalue weighted by Gasteiger charge is 2.26. The number of aromatic nitrogens is 2. The second-order valence-corrected chi connectivity index (χ2v) is 15.9. The number of nitrogens with one attached hydrogen (secondary N) is 4. The summed E-state index contributed by atoms with van der Waals surface area (Å²) in [5.74, 6) is -0.0579. The molecule has 0 bridgehead atoms. The van der Waals surface area contributed by atoms with E-state index in [1.54, 1.807) is 30.1 Å². The number of nitrogens with zero attached hydrogens (tertiary/aromatic N) is 3. The second kappa shape index (κ2) is 21.4. The molecule has 0 aliphatic heterocycles. The van der Waals surface area contributed by atoms with Gasteiger partial charge >= 0.3 is 12.1 Å². The van der Waals surface area contributed by atoms with Gasteiger partial charge in [-0.25, -0.2) is 23.5 Å². The summed E-state index contributed by atoms with van der Waals surface area (Å²) in [4.78, 5) is 51.3. The molecule has 4 N–H and O–H groups in total. The summed E-state index contributed by atoms with van der Waals surface area (Å²) in [5.41, 5.74) is 4.57. The molecule has 0 saturated heterocycles. The van der Waals surface area contributed by atoms with Crippen LogP contribution < -0.4 is 20.7 Å². The van der Waals surface area contributed by atoms with E-state index in [4.69, 9.17) is 4.74 Å². The van der Waals surface area contributed by atoms with E-state index in [2.05, 4.69) is 44.5 Å². The van der Waals surface area contributed by atoms with Crippen LogP contribution in [0.5, 0.6) is 0 Å². The van der Waals surface area contributed by atoms with Crippen LogP contribution in [0, 0.1) is 0 Å². The Hall–Kier alpha value is -4.18. The van der Waals surface area contributed by atoms with E-state index in [0.717, 1.165) is 26.7 Å². The Morgan fingerprint density at radius 1 is 0.885 bits per heavy atom. The molecule has 0 spiro atoms. The van der Waals surface area contributed by atoms with Crippen molar-refractivity contribution in [1.29, 1.82) is 0 Å². The first-order chi connectivity index (χ1) is 25.0. The topological polar surface area (TPSA) is 155 Å². The molecule has 15 heteroatoms. The number of ether oxygens (including phenoxy) is 1. The molecule has 4 unspecified atom stereocenters. The third kappa shape index (κ3) is 14.4. The zero-order chi connectivity index (χ0) is 37.3. The van der Waals surface area contributed by atoms with E-state index < -0.39 is 29.2 Å². The van der Waals surface area contributed by atoms with Crippen molar-refractivity contribution in [2.75, 3.05) is 19.8 Å². The largest absolute Gasteiger partial charge is 0.444 e. The highest BCUT2D eigenvalue weighted by Crippen LogP contribution is 2.20.